The van der Waals surface area contributed by atoms with Gasteiger partial charge in [-0.05, 0) is 18.4 Å². The van der Waals surface area contributed by atoms with Gasteiger partial charge in [-0.3, -0.25) is 14.2 Å². The highest BCUT2D eigenvalue weighted by Gasteiger charge is 2.23. The molecule has 1 amide bonds. The Morgan fingerprint density at radius 2 is 1.97 bits per heavy atom. The van der Waals surface area contributed by atoms with Crippen LogP contribution in [0.2, 0.25) is 0 Å². The predicted molar refractivity (Wildman–Crippen MR) is 118 cm³/mol. The lowest BCUT2D eigenvalue weighted by atomic mass is 10.2. The van der Waals surface area contributed by atoms with Gasteiger partial charge >= 0.3 is 0 Å². The van der Waals surface area contributed by atoms with Gasteiger partial charge in [0.1, 0.15) is 16.5 Å². The maximum absolute atomic E-state index is 12.7. The van der Waals surface area contributed by atoms with E-state index in [2.05, 4.69) is 28.7 Å². The zero-order valence-corrected chi connectivity index (χ0v) is 18.4. The summed E-state index contributed by atoms with van der Waals surface area (Å²) < 4.78 is 1.53. The van der Waals surface area contributed by atoms with Crippen molar-refractivity contribution in [3.63, 3.8) is 0 Å². The third-order valence-corrected chi connectivity index (χ3v) is 6.17. The van der Waals surface area contributed by atoms with Gasteiger partial charge in [0.25, 0.3) is 5.56 Å². The molecule has 4 rings (SSSR count). The van der Waals surface area contributed by atoms with Crippen LogP contribution in [0.4, 0.5) is 5.82 Å². The SMILES string of the molecule is Cc1cc(N2CCN(C(=O)CCn3cnc4sccc4c3=O)CC2)nc(C(C)C)n1. The standard InChI is InChI=1S/C21H26N6O2S/c1-14(2)19-23-15(3)12-17(24-19)25-7-9-26(10-8-25)18(28)4-6-27-13-22-20-16(21(27)29)5-11-30-20/h5,11-14H,4,6-10H2,1-3H3. The Hall–Kier alpha value is -2.81. The molecule has 1 aliphatic heterocycles. The maximum atomic E-state index is 12.7. The first kappa shape index (κ1) is 20.5. The minimum atomic E-state index is -0.0843. The zero-order chi connectivity index (χ0) is 21.3. The molecule has 0 saturated carbocycles. The quantitative estimate of drug-likeness (QED) is 0.623. The average molecular weight is 427 g/mol. The molecule has 0 bridgehead atoms. The first-order valence-electron chi connectivity index (χ1n) is 10.2. The second-order valence-corrected chi connectivity index (χ2v) is 8.78. The van der Waals surface area contributed by atoms with Gasteiger partial charge in [-0.1, -0.05) is 13.8 Å². The fourth-order valence-corrected chi connectivity index (χ4v) is 4.33. The van der Waals surface area contributed by atoms with E-state index in [1.165, 1.54) is 22.2 Å². The van der Waals surface area contributed by atoms with E-state index in [9.17, 15) is 9.59 Å². The highest BCUT2D eigenvalue weighted by Crippen LogP contribution is 2.19. The van der Waals surface area contributed by atoms with Crippen molar-refractivity contribution in [2.24, 2.45) is 0 Å². The van der Waals surface area contributed by atoms with Crippen molar-refractivity contribution in [3.8, 4) is 0 Å². The smallest absolute Gasteiger partial charge is 0.262 e. The summed E-state index contributed by atoms with van der Waals surface area (Å²) in [7, 11) is 0. The molecule has 158 valence electrons. The van der Waals surface area contributed by atoms with E-state index in [4.69, 9.17) is 4.98 Å². The summed E-state index contributed by atoms with van der Waals surface area (Å²) >= 11 is 1.45. The lowest BCUT2D eigenvalue weighted by Gasteiger charge is -2.35. The molecule has 4 heterocycles. The van der Waals surface area contributed by atoms with Crippen LogP contribution in [0, 0.1) is 6.92 Å². The minimum Gasteiger partial charge on any atom is -0.353 e. The Morgan fingerprint density at radius 3 is 2.70 bits per heavy atom. The first-order valence-corrected chi connectivity index (χ1v) is 11.1. The number of anilines is 1. The molecule has 1 saturated heterocycles. The molecule has 1 aliphatic rings. The van der Waals surface area contributed by atoms with Crippen LogP contribution in [0.1, 0.15) is 37.7 Å². The Morgan fingerprint density at radius 1 is 1.20 bits per heavy atom. The van der Waals surface area contributed by atoms with Crippen molar-refractivity contribution in [2.45, 2.75) is 39.7 Å². The summed E-state index contributed by atoms with van der Waals surface area (Å²) in [5.74, 6) is 2.12. The van der Waals surface area contributed by atoms with E-state index < -0.39 is 0 Å². The number of rotatable bonds is 5. The summed E-state index contributed by atoms with van der Waals surface area (Å²) in [5.41, 5.74) is 0.878. The predicted octanol–water partition coefficient (Wildman–Crippen LogP) is 2.42. The fraction of sp³-hybridized carbons (Fsp3) is 0.476. The van der Waals surface area contributed by atoms with E-state index in [0.717, 1.165) is 35.3 Å². The molecule has 0 radical (unpaired) electrons. The normalized spacial score (nSPS) is 14.7. The molecular formula is C21H26N6O2S. The molecule has 3 aromatic heterocycles. The molecule has 30 heavy (non-hydrogen) atoms. The number of aryl methyl sites for hydroxylation is 2. The highest BCUT2D eigenvalue weighted by molar-refractivity contribution is 7.16. The van der Waals surface area contributed by atoms with Crippen molar-refractivity contribution >= 4 is 33.3 Å². The number of fused-ring (bicyclic) bond motifs is 1. The molecule has 0 unspecified atom stereocenters. The molecule has 0 aliphatic carbocycles. The zero-order valence-electron chi connectivity index (χ0n) is 17.5. The van der Waals surface area contributed by atoms with Crippen LogP contribution in [-0.4, -0.2) is 56.5 Å². The van der Waals surface area contributed by atoms with Gasteiger partial charge in [0.2, 0.25) is 5.91 Å². The van der Waals surface area contributed by atoms with Crippen molar-refractivity contribution in [3.05, 3.63) is 45.7 Å². The number of hydrogen-bond donors (Lipinski definition) is 0. The average Bonchev–Trinajstić information content (AvgIpc) is 3.22. The summed E-state index contributed by atoms with van der Waals surface area (Å²) in [6.07, 6.45) is 1.83. The number of carbonyl (C=O) groups excluding carboxylic acids is 1. The molecule has 0 atom stereocenters. The molecule has 1 fully saturated rings. The summed E-state index contributed by atoms with van der Waals surface area (Å²) in [4.78, 5) is 43.5. The number of thiophene rings is 1. The summed E-state index contributed by atoms with van der Waals surface area (Å²) in [6.45, 7) is 9.29. The number of aromatic nitrogens is 4. The molecule has 0 spiro atoms. The molecule has 0 N–H and O–H groups in total. The first-order chi connectivity index (χ1) is 14.4. The number of carbonyl (C=O) groups is 1. The van der Waals surface area contributed by atoms with Gasteiger partial charge in [0.15, 0.2) is 0 Å². The van der Waals surface area contributed by atoms with Gasteiger partial charge < -0.3 is 9.80 Å². The van der Waals surface area contributed by atoms with Gasteiger partial charge in [-0.15, -0.1) is 11.3 Å². The lowest BCUT2D eigenvalue weighted by molar-refractivity contribution is -0.131. The molecular weight excluding hydrogens is 400 g/mol. The highest BCUT2D eigenvalue weighted by atomic mass is 32.1. The van der Waals surface area contributed by atoms with Gasteiger partial charge in [-0.2, -0.15) is 0 Å². The maximum Gasteiger partial charge on any atom is 0.262 e. The largest absolute Gasteiger partial charge is 0.353 e. The minimum absolute atomic E-state index is 0.0636. The van der Waals surface area contributed by atoms with E-state index in [-0.39, 0.29) is 17.4 Å². The topological polar surface area (TPSA) is 84.2 Å². The van der Waals surface area contributed by atoms with Crippen LogP contribution in [0.3, 0.4) is 0 Å². The van der Waals surface area contributed by atoms with Gasteiger partial charge in [0.05, 0.1) is 11.7 Å². The molecule has 0 aromatic carbocycles. The number of hydrogen-bond acceptors (Lipinski definition) is 7. The number of piperazine rings is 1. The third kappa shape index (κ3) is 4.21. The monoisotopic (exact) mass is 426 g/mol. The Labute approximate surface area is 179 Å². The van der Waals surface area contributed by atoms with E-state index >= 15 is 0 Å². The Kier molecular flexibility index (Phi) is 5.80. The number of nitrogens with zero attached hydrogens (tertiary/aromatic N) is 6. The van der Waals surface area contributed by atoms with E-state index in [1.54, 1.807) is 6.07 Å². The molecule has 8 nitrogen and oxygen atoms in total. The Bertz CT molecular complexity index is 1110. The molecule has 3 aromatic rings. The summed E-state index contributed by atoms with van der Waals surface area (Å²) in [5, 5.41) is 2.47. The number of amides is 1. The van der Waals surface area contributed by atoms with Crippen LogP contribution >= 0.6 is 11.3 Å². The van der Waals surface area contributed by atoms with E-state index in [1.807, 2.05) is 23.3 Å². The van der Waals surface area contributed by atoms with Crippen LogP contribution in [0.15, 0.2) is 28.6 Å². The van der Waals surface area contributed by atoms with Crippen LogP contribution in [-0.2, 0) is 11.3 Å². The fourth-order valence-electron chi connectivity index (χ4n) is 3.61. The third-order valence-electron chi connectivity index (χ3n) is 5.35. The van der Waals surface area contributed by atoms with Gasteiger partial charge in [0, 0.05) is 56.8 Å². The van der Waals surface area contributed by atoms with Gasteiger partial charge in [-0.25, -0.2) is 15.0 Å². The van der Waals surface area contributed by atoms with Crippen LogP contribution in [0.25, 0.3) is 10.2 Å². The second kappa shape index (κ2) is 8.51. The van der Waals surface area contributed by atoms with Crippen molar-refractivity contribution in [1.29, 1.82) is 0 Å². The van der Waals surface area contributed by atoms with Crippen LogP contribution < -0.4 is 10.5 Å². The lowest BCUT2D eigenvalue weighted by Crippen LogP contribution is -2.49. The van der Waals surface area contributed by atoms with Crippen molar-refractivity contribution < 1.29 is 4.79 Å². The van der Waals surface area contributed by atoms with E-state index in [0.29, 0.717) is 31.4 Å². The summed E-state index contributed by atoms with van der Waals surface area (Å²) in [6, 6.07) is 3.79. The van der Waals surface area contributed by atoms with Crippen molar-refractivity contribution in [1.82, 2.24) is 24.4 Å². The Balaban J connectivity index is 1.35. The van der Waals surface area contributed by atoms with Crippen LogP contribution in [0.5, 0.6) is 0 Å². The van der Waals surface area contributed by atoms with Crippen molar-refractivity contribution in [2.75, 3.05) is 31.1 Å². The second-order valence-electron chi connectivity index (χ2n) is 7.88. The molecule has 9 heteroatoms.